The number of hydrazine groups is 2. The highest BCUT2D eigenvalue weighted by molar-refractivity contribution is 8.11. The second-order valence-corrected chi connectivity index (χ2v) is 6.22. The lowest BCUT2D eigenvalue weighted by atomic mass is 10.5. The van der Waals surface area contributed by atoms with E-state index in [4.69, 9.17) is 28.2 Å². The second kappa shape index (κ2) is 4.59. The van der Waals surface area contributed by atoms with Crippen LogP contribution in [0.15, 0.2) is 0 Å². The van der Waals surface area contributed by atoms with Crippen LogP contribution < -0.4 is 22.1 Å². The smallest absolute Gasteiger partial charge is 0.166 e. The Kier molecular flexibility index (Phi) is 4.01. The highest BCUT2D eigenvalue weighted by atomic mass is 32.4. The number of nitrogens with zero attached hydrogens (tertiary/aromatic N) is 1. The Bertz CT molecular complexity index is 176. The molecule has 0 saturated carbocycles. The zero-order chi connectivity index (χ0) is 9.03. The Labute approximate surface area is 76.7 Å². The van der Waals surface area contributed by atoms with E-state index in [-0.39, 0.29) is 0 Å². The first-order valence-corrected chi connectivity index (χ1v) is 6.37. The summed E-state index contributed by atoms with van der Waals surface area (Å²) in [5.41, 5.74) is 0. The summed E-state index contributed by atoms with van der Waals surface area (Å²) in [4.78, 5) is 0. The van der Waals surface area contributed by atoms with E-state index >= 15 is 0 Å². The van der Waals surface area contributed by atoms with Crippen molar-refractivity contribution in [2.45, 2.75) is 0 Å². The first-order chi connectivity index (χ1) is 5.73. The van der Waals surface area contributed by atoms with Crippen molar-refractivity contribution in [3.05, 3.63) is 0 Å². The van der Waals surface area contributed by atoms with Gasteiger partial charge in [0.25, 0.3) is 0 Å². The minimum atomic E-state index is -2.11. The molecule has 0 aliphatic carbocycles. The zero-order valence-corrected chi connectivity index (χ0v) is 8.40. The number of ether oxygens (including phenoxy) is 1. The largest absolute Gasteiger partial charge is 0.379 e. The Balaban J connectivity index is 2.58. The second-order valence-electron chi connectivity index (χ2n) is 2.40. The van der Waals surface area contributed by atoms with Crippen molar-refractivity contribution >= 4 is 18.3 Å². The maximum Gasteiger partial charge on any atom is 0.166 e. The Morgan fingerprint density at radius 2 is 1.75 bits per heavy atom. The number of hydrogen-bond acceptors (Lipinski definition) is 4. The molecule has 12 heavy (non-hydrogen) atoms. The number of nitrogens with two attached hydrogens (primary N) is 2. The summed E-state index contributed by atoms with van der Waals surface area (Å²) in [5, 5.41) is 5.12. The van der Waals surface area contributed by atoms with Crippen LogP contribution in [0.1, 0.15) is 0 Å². The van der Waals surface area contributed by atoms with Gasteiger partial charge < -0.3 is 4.74 Å². The first-order valence-electron chi connectivity index (χ1n) is 3.62. The molecule has 6 N–H and O–H groups in total. The summed E-state index contributed by atoms with van der Waals surface area (Å²) < 4.78 is 7.20. The van der Waals surface area contributed by atoms with Crippen molar-refractivity contribution in [3.8, 4) is 0 Å². The summed E-state index contributed by atoms with van der Waals surface area (Å²) in [5.74, 6) is 10.6. The predicted octanol–water partition coefficient (Wildman–Crippen LogP) is -1.53. The molecule has 72 valence electrons. The van der Waals surface area contributed by atoms with Gasteiger partial charge in [0, 0.05) is 13.1 Å². The van der Waals surface area contributed by atoms with E-state index in [2.05, 4.69) is 10.4 Å². The Hall–Kier alpha value is 0.410. The maximum absolute atomic E-state index is 5.32. The third-order valence-corrected chi connectivity index (χ3v) is 4.96. The standard InChI is InChI=1S/C4H14N5OPS/c5-7-11(12,8-6)9-1-3-10-4-2-9/h1-6H2,(H2,7,8,12). The Morgan fingerprint density at radius 1 is 1.25 bits per heavy atom. The molecular weight excluding hydrogens is 197 g/mol. The SMILES string of the molecule is NNP(=S)(NN)N1CCOCC1. The molecule has 0 spiro atoms. The van der Waals surface area contributed by atoms with Gasteiger partial charge in [0.15, 0.2) is 6.49 Å². The molecule has 1 rings (SSSR count). The lowest BCUT2D eigenvalue weighted by Crippen LogP contribution is -2.45. The van der Waals surface area contributed by atoms with Crippen molar-refractivity contribution in [3.63, 3.8) is 0 Å². The van der Waals surface area contributed by atoms with Crippen molar-refractivity contribution in [2.24, 2.45) is 11.7 Å². The van der Waals surface area contributed by atoms with Crippen LogP contribution in [0.25, 0.3) is 0 Å². The van der Waals surface area contributed by atoms with Crippen molar-refractivity contribution in [1.82, 2.24) is 15.1 Å². The molecule has 1 fully saturated rings. The van der Waals surface area contributed by atoms with Gasteiger partial charge in [-0.3, -0.25) is 11.7 Å². The topological polar surface area (TPSA) is 88.6 Å². The van der Waals surface area contributed by atoms with Gasteiger partial charge in [0.05, 0.1) is 13.2 Å². The Morgan fingerprint density at radius 3 is 2.17 bits per heavy atom. The molecule has 6 nitrogen and oxygen atoms in total. The normalized spacial score (nSPS) is 21.2. The molecule has 0 bridgehead atoms. The van der Waals surface area contributed by atoms with Crippen LogP contribution in [0.3, 0.4) is 0 Å². The molecule has 0 aromatic rings. The fraction of sp³-hybridized carbons (Fsp3) is 1.00. The number of morpholine rings is 1. The number of rotatable bonds is 3. The van der Waals surface area contributed by atoms with Crippen LogP contribution in [0.4, 0.5) is 0 Å². The van der Waals surface area contributed by atoms with E-state index in [1.165, 1.54) is 0 Å². The number of hydrogen-bond donors (Lipinski definition) is 4. The lowest BCUT2D eigenvalue weighted by Gasteiger charge is -2.35. The van der Waals surface area contributed by atoms with E-state index in [0.29, 0.717) is 13.2 Å². The van der Waals surface area contributed by atoms with Crippen molar-refractivity contribution in [2.75, 3.05) is 26.3 Å². The quantitative estimate of drug-likeness (QED) is 0.256. The van der Waals surface area contributed by atoms with Crippen LogP contribution >= 0.6 is 6.49 Å². The molecule has 0 radical (unpaired) electrons. The predicted molar refractivity (Wildman–Crippen MR) is 51.3 cm³/mol. The highest BCUT2D eigenvalue weighted by Crippen LogP contribution is 2.38. The molecule has 1 aliphatic heterocycles. The van der Waals surface area contributed by atoms with E-state index in [0.717, 1.165) is 13.1 Å². The summed E-state index contributed by atoms with van der Waals surface area (Å²) in [7, 11) is 0. The van der Waals surface area contributed by atoms with Crippen LogP contribution in [0.2, 0.25) is 0 Å². The molecule has 0 amide bonds. The fourth-order valence-corrected chi connectivity index (χ4v) is 2.65. The van der Waals surface area contributed by atoms with Crippen LogP contribution in [-0.2, 0) is 16.5 Å². The molecule has 0 aromatic heterocycles. The zero-order valence-electron chi connectivity index (χ0n) is 6.69. The average molecular weight is 211 g/mol. The molecule has 1 aliphatic rings. The van der Waals surface area contributed by atoms with Crippen LogP contribution in [0, 0.1) is 0 Å². The average Bonchev–Trinajstić information content (AvgIpc) is 2.18. The third-order valence-electron chi connectivity index (χ3n) is 1.74. The highest BCUT2D eigenvalue weighted by Gasteiger charge is 2.24. The molecule has 0 unspecified atom stereocenters. The fourth-order valence-electron chi connectivity index (χ4n) is 1.04. The molecule has 0 aromatic carbocycles. The van der Waals surface area contributed by atoms with Gasteiger partial charge >= 0.3 is 0 Å². The first kappa shape index (κ1) is 10.5. The molecule has 1 heterocycles. The van der Waals surface area contributed by atoms with Gasteiger partial charge in [-0.05, 0) is 11.8 Å². The summed E-state index contributed by atoms with van der Waals surface area (Å²) in [6, 6.07) is 0. The van der Waals surface area contributed by atoms with Gasteiger partial charge in [-0.25, -0.2) is 15.1 Å². The van der Waals surface area contributed by atoms with Crippen LogP contribution in [-0.4, -0.2) is 31.0 Å². The van der Waals surface area contributed by atoms with Crippen molar-refractivity contribution < 1.29 is 4.74 Å². The van der Waals surface area contributed by atoms with E-state index in [1.807, 2.05) is 4.67 Å². The molecule has 8 heteroatoms. The number of nitrogens with one attached hydrogen (secondary N) is 2. The summed E-state index contributed by atoms with van der Waals surface area (Å²) >= 11 is 5.23. The van der Waals surface area contributed by atoms with Gasteiger partial charge in [0.2, 0.25) is 0 Å². The minimum Gasteiger partial charge on any atom is -0.379 e. The van der Waals surface area contributed by atoms with Gasteiger partial charge in [-0.1, -0.05) is 0 Å². The van der Waals surface area contributed by atoms with E-state index in [1.54, 1.807) is 0 Å². The molecular formula is C4H14N5OPS. The van der Waals surface area contributed by atoms with Crippen LogP contribution in [0.5, 0.6) is 0 Å². The van der Waals surface area contributed by atoms with E-state index < -0.39 is 6.49 Å². The lowest BCUT2D eigenvalue weighted by molar-refractivity contribution is 0.0735. The molecule has 1 saturated heterocycles. The maximum atomic E-state index is 5.32. The van der Waals surface area contributed by atoms with Gasteiger partial charge in [0.1, 0.15) is 0 Å². The van der Waals surface area contributed by atoms with Gasteiger partial charge in [-0.2, -0.15) is 0 Å². The van der Waals surface area contributed by atoms with Crippen molar-refractivity contribution in [1.29, 1.82) is 0 Å². The summed E-state index contributed by atoms with van der Waals surface area (Å²) in [6.45, 7) is 0.789. The third kappa shape index (κ3) is 2.21. The minimum absolute atomic E-state index is 0.682. The molecule has 0 atom stereocenters. The summed E-state index contributed by atoms with van der Waals surface area (Å²) in [6.07, 6.45) is 0. The van der Waals surface area contributed by atoms with Gasteiger partial charge in [-0.15, -0.1) is 0 Å². The van der Waals surface area contributed by atoms with E-state index in [9.17, 15) is 0 Å². The monoisotopic (exact) mass is 211 g/mol.